The number of nitrogen functional groups attached to an aromatic ring is 1. The van der Waals surface area contributed by atoms with Gasteiger partial charge >= 0.3 is 18.1 Å². The van der Waals surface area contributed by atoms with E-state index in [0.717, 1.165) is 6.08 Å². The average Bonchev–Trinajstić information content (AvgIpc) is 3.56. The van der Waals surface area contributed by atoms with Gasteiger partial charge in [-0.3, -0.25) is 4.79 Å². The molecule has 2 aliphatic rings. The Labute approximate surface area is 244 Å². The average molecular weight is 602 g/mol. The van der Waals surface area contributed by atoms with Gasteiger partial charge in [0.15, 0.2) is 0 Å². The highest BCUT2D eigenvalue weighted by Crippen LogP contribution is 2.42. The Bertz CT molecular complexity index is 1550. The number of alkyl halides is 3. The molecule has 0 radical (unpaired) electrons. The first-order chi connectivity index (χ1) is 20.3. The van der Waals surface area contributed by atoms with Gasteiger partial charge in [0.2, 0.25) is 17.9 Å². The fourth-order valence-electron chi connectivity index (χ4n) is 5.57. The van der Waals surface area contributed by atoms with Crippen molar-refractivity contribution >= 4 is 29.8 Å². The quantitative estimate of drug-likeness (QED) is 0.279. The van der Waals surface area contributed by atoms with Crippen molar-refractivity contribution in [2.24, 2.45) is 5.41 Å². The topological polar surface area (TPSA) is 169 Å². The van der Waals surface area contributed by atoms with Crippen LogP contribution in [0.2, 0.25) is 0 Å². The number of nitrogens with two attached hydrogens (primary N) is 1. The molecule has 0 amide bonds. The Kier molecular flexibility index (Phi) is 8.01. The fourth-order valence-corrected chi connectivity index (χ4v) is 5.57. The zero-order valence-electron chi connectivity index (χ0n) is 23.1. The van der Waals surface area contributed by atoms with Crippen molar-refractivity contribution < 1.29 is 37.7 Å². The molecule has 5 rings (SSSR count). The lowest BCUT2D eigenvalue weighted by Crippen LogP contribution is -2.41. The van der Waals surface area contributed by atoms with Crippen molar-refractivity contribution in [1.29, 1.82) is 0 Å². The Balaban J connectivity index is 1.45. The van der Waals surface area contributed by atoms with Crippen molar-refractivity contribution in [2.45, 2.75) is 44.5 Å². The molecule has 2 aromatic heterocycles. The van der Waals surface area contributed by atoms with Crippen LogP contribution < -0.4 is 20.7 Å². The number of anilines is 2. The molecule has 3 aromatic rings. The monoisotopic (exact) mass is 601 g/mol. The van der Waals surface area contributed by atoms with Gasteiger partial charge in [-0.05, 0) is 61.4 Å². The van der Waals surface area contributed by atoms with Gasteiger partial charge in [0.05, 0.1) is 11.4 Å². The molecular weight excluding hydrogens is 571 g/mol. The highest BCUT2D eigenvalue weighted by molar-refractivity contribution is 5.85. The minimum absolute atomic E-state index is 0.0799. The molecule has 228 valence electrons. The van der Waals surface area contributed by atoms with Crippen molar-refractivity contribution in [1.82, 2.24) is 25.1 Å². The number of aromatic nitrogens is 4. The number of ether oxygens (including phenoxy) is 1. The number of piperidine rings is 1. The Hall–Kier alpha value is -4.66. The van der Waals surface area contributed by atoms with Gasteiger partial charge in [-0.1, -0.05) is 6.07 Å². The molecule has 1 aromatic carbocycles. The molecule has 2 aliphatic heterocycles. The normalized spacial score (nSPS) is 19.2. The van der Waals surface area contributed by atoms with E-state index in [0.29, 0.717) is 50.4 Å². The molecule has 43 heavy (non-hydrogen) atoms. The summed E-state index contributed by atoms with van der Waals surface area (Å²) >= 11 is 0. The van der Waals surface area contributed by atoms with Crippen LogP contribution in [0.4, 0.5) is 24.9 Å². The number of carbonyl (C=O) groups is 2. The molecule has 0 bridgehead atoms. The SMILES string of the molecule is Cc1ccn(-c2ccc(C=CC(=O)O)cc2[C@@H](Oc2cc(N3CCC4(CC3)CNC(C(=O)O)C4)nc(N)n2)C(F)(F)F)n1. The van der Waals surface area contributed by atoms with Crippen molar-refractivity contribution in [3.63, 3.8) is 0 Å². The Morgan fingerprint density at radius 3 is 2.53 bits per heavy atom. The number of carboxylic acid groups (broad SMARTS) is 2. The van der Waals surface area contributed by atoms with Crippen molar-refractivity contribution in [2.75, 3.05) is 30.3 Å². The summed E-state index contributed by atoms with van der Waals surface area (Å²) in [6, 6.07) is 6.40. The van der Waals surface area contributed by atoms with Crippen LogP contribution in [0.15, 0.2) is 42.6 Å². The number of nitrogens with one attached hydrogen (secondary N) is 1. The van der Waals surface area contributed by atoms with E-state index in [1.165, 1.54) is 41.2 Å². The first-order valence-corrected chi connectivity index (χ1v) is 13.5. The lowest BCUT2D eigenvalue weighted by Gasteiger charge is -2.39. The molecule has 1 spiro atoms. The summed E-state index contributed by atoms with van der Waals surface area (Å²) < 4.78 is 50.8. The second-order valence-corrected chi connectivity index (χ2v) is 10.8. The molecule has 2 fully saturated rings. The van der Waals surface area contributed by atoms with Gasteiger partial charge in [0, 0.05) is 43.5 Å². The third-order valence-electron chi connectivity index (χ3n) is 7.77. The highest BCUT2D eigenvalue weighted by atomic mass is 19.4. The lowest BCUT2D eigenvalue weighted by atomic mass is 9.76. The molecule has 0 saturated carbocycles. The molecule has 2 saturated heterocycles. The lowest BCUT2D eigenvalue weighted by molar-refractivity contribution is -0.198. The number of aryl methyl sites for hydroxylation is 1. The molecule has 1 unspecified atom stereocenters. The number of nitrogens with zero attached hydrogens (tertiary/aromatic N) is 5. The molecule has 5 N–H and O–H groups in total. The van der Waals surface area contributed by atoms with E-state index >= 15 is 0 Å². The number of rotatable bonds is 8. The summed E-state index contributed by atoms with van der Waals surface area (Å²) in [6.07, 6.45) is -2.09. The van der Waals surface area contributed by atoms with Gasteiger partial charge in [-0.25, -0.2) is 9.48 Å². The van der Waals surface area contributed by atoms with Gasteiger partial charge in [0.1, 0.15) is 11.9 Å². The third kappa shape index (κ3) is 6.71. The summed E-state index contributed by atoms with van der Waals surface area (Å²) in [5, 5.41) is 25.6. The van der Waals surface area contributed by atoms with Crippen LogP contribution in [0, 0.1) is 12.3 Å². The van der Waals surface area contributed by atoms with Crippen molar-refractivity contribution in [3.8, 4) is 11.6 Å². The van der Waals surface area contributed by atoms with Crippen LogP contribution in [0.25, 0.3) is 11.8 Å². The van der Waals surface area contributed by atoms with E-state index in [2.05, 4.69) is 20.4 Å². The highest BCUT2D eigenvalue weighted by Gasteiger charge is 2.46. The van der Waals surface area contributed by atoms with Crippen LogP contribution in [0.5, 0.6) is 5.88 Å². The van der Waals surface area contributed by atoms with E-state index in [1.807, 2.05) is 4.90 Å². The number of aliphatic carboxylic acids is 2. The molecular formula is C28H30F3N7O5. The van der Waals surface area contributed by atoms with Crippen LogP contribution in [-0.2, 0) is 9.59 Å². The first kappa shape index (κ1) is 29.8. The van der Waals surface area contributed by atoms with E-state index in [9.17, 15) is 27.9 Å². The summed E-state index contributed by atoms with van der Waals surface area (Å²) in [7, 11) is 0. The minimum Gasteiger partial charge on any atom is -0.480 e. The van der Waals surface area contributed by atoms with Crippen LogP contribution in [-0.4, -0.2) is 73.8 Å². The summed E-state index contributed by atoms with van der Waals surface area (Å²) in [6.45, 7) is 3.25. The number of carboxylic acids is 2. The standard InChI is InChI=1S/C28H30F3N7O5/c1-16-6-9-38(36-16)20-4-2-17(3-5-23(39)40)12-18(20)24(28(29,30)31)43-22-13-21(34-26(32)35-22)37-10-7-27(8-11-37)14-19(25(41)42)33-15-27/h2-6,9,12-13,19,24,33H,7-8,10-11,14-15H2,1H3,(H,39,40)(H,41,42)(H2,32,34,35)/t19?,24-/m1/s1. The zero-order valence-corrected chi connectivity index (χ0v) is 23.1. The molecule has 12 nitrogen and oxygen atoms in total. The summed E-state index contributed by atoms with van der Waals surface area (Å²) in [5.41, 5.74) is 6.28. The van der Waals surface area contributed by atoms with Crippen LogP contribution in [0.1, 0.15) is 42.2 Å². The number of hydrogen-bond acceptors (Lipinski definition) is 9. The summed E-state index contributed by atoms with van der Waals surface area (Å²) in [5.74, 6) is -2.52. The maximum atomic E-state index is 14.7. The maximum absolute atomic E-state index is 14.7. The van der Waals surface area contributed by atoms with E-state index in [4.69, 9.17) is 15.6 Å². The van der Waals surface area contributed by atoms with Crippen molar-refractivity contribution in [3.05, 3.63) is 59.4 Å². The van der Waals surface area contributed by atoms with Gasteiger partial charge in [0.25, 0.3) is 0 Å². The number of halogens is 3. The fraction of sp³-hybridized carbons (Fsp3) is 0.393. The molecule has 15 heteroatoms. The largest absolute Gasteiger partial charge is 0.480 e. The Morgan fingerprint density at radius 1 is 1.19 bits per heavy atom. The summed E-state index contributed by atoms with van der Waals surface area (Å²) in [4.78, 5) is 32.4. The van der Waals surface area contributed by atoms with E-state index < -0.39 is 36.1 Å². The Morgan fingerprint density at radius 2 is 1.93 bits per heavy atom. The van der Waals surface area contributed by atoms with Gasteiger partial charge in [-0.2, -0.15) is 28.2 Å². The number of benzene rings is 1. The zero-order chi connectivity index (χ0) is 30.9. The van der Waals surface area contributed by atoms with E-state index in [-0.39, 0.29) is 28.2 Å². The second kappa shape index (κ2) is 11.6. The maximum Gasteiger partial charge on any atom is 0.429 e. The second-order valence-electron chi connectivity index (χ2n) is 10.8. The molecule has 0 aliphatic carbocycles. The van der Waals surface area contributed by atoms with E-state index in [1.54, 1.807) is 13.0 Å². The van der Waals surface area contributed by atoms with Gasteiger partial charge in [-0.15, -0.1) is 0 Å². The van der Waals surface area contributed by atoms with Gasteiger partial charge < -0.3 is 30.9 Å². The third-order valence-corrected chi connectivity index (χ3v) is 7.77. The molecule has 4 heterocycles. The predicted molar refractivity (Wildman–Crippen MR) is 149 cm³/mol. The van der Waals surface area contributed by atoms with Crippen LogP contribution >= 0.6 is 0 Å². The molecule has 2 atom stereocenters. The smallest absolute Gasteiger partial charge is 0.429 e. The number of hydrogen-bond donors (Lipinski definition) is 4. The van der Waals surface area contributed by atoms with Crippen LogP contribution in [0.3, 0.4) is 0 Å². The first-order valence-electron chi connectivity index (χ1n) is 13.5. The minimum atomic E-state index is -4.92. The predicted octanol–water partition coefficient (Wildman–Crippen LogP) is 3.37.